The van der Waals surface area contributed by atoms with Crippen molar-refractivity contribution in [3.63, 3.8) is 0 Å². The van der Waals surface area contributed by atoms with E-state index in [0.29, 0.717) is 41.7 Å². The van der Waals surface area contributed by atoms with Crippen LogP contribution in [-0.4, -0.2) is 82.5 Å². The van der Waals surface area contributed by atoms with E-state index in [1.807, 2.05) is 59.1 Å². The fourth-order valence-electron chi connectivity index (χ4n) is 4.08. The van der Waals surface area contributed by atoms with Gasteiger partial charge in [0.05, 0.1) is 9.93 Å². The molecule has 176 valence electrons. The molecular weight excluding hydrogens is 490 g/mol. The zero-order chi connectivity index (χ0) is 23.5. The molecule has 0 unspecified atom stereocenters. The van der Waals surface area contributed by atoms with E-state index in [1.54, 1.807) is 6.20 Å². The Kier molecular flexibility index (Phi) is 7.12. The van der Waals surface area contributed by atoms with Crippen LogP contribution in [0.5, 0.6) is 0 Å². The first kappa shape index (κ1) is 23.3. The number of hydrogen-bond acceptors (Lipinski definition) is 7. The number of amidine groups is 1. The Morgan fingerprint density at radius 3 is 2.41 bits per heavy atom. The van der Waals surface area contributed by atoms with E-state index in [4.69, 9.17) is 11.6 Å². The standard InChI is InChI=1S/C24H24ClN5O2S2/c25-19-2-1-7-26-21(19)28-8-10-29(11-9-28)23(32)18-5-3-17(4-6-18)16-20-22(31)27-24(34-20)30-12-14-33-15-13-30/h1-7,16H,8-15H2/b20-16-. The lowest BCUT2D eigenvalue weighted by molar-refractivity contribution is -0.113. The van der Waals surface area contributed by atoms with Crippen molar-refractivity contribution in [1.29, 1.82) is 0 Å². The summed E-state index contributed by atoms with van der Waals surface area (Å²) in [6, 6.07) is 11.1. The normalized spacial score (nSPS) is 20.1. The summed E-state index contributed by atoms with van der Waals surface area (Å²) >= 11 is 9.63. The van der Waals surface area contributed by atoms with Crippen LogP contribution in [0.1, 0.15) is 15.9 Å². The number of aliphatic imine (C=N–C) groups is 1. The minimum absolute atomic E-state index is 0.00544. The smallest absolute Gasteiger partial charge is 0.286 e. The molecule has 0 N–H and O–H groups in total. The third-order valence-corrected chi connectivity index (χ3v) is 8.23. The molecule has 34 heavy (non-hydrogen) atoms. The molecule has 1 aromatic heterocycles. The highest BCUT2D eigenvalue weighted by Crippen LogP contribution is 2.31. The van der Waals surface area contributed by atoms with Gasteiger partial charge in [0.25, 0.3) is 11.8 Å². The van der Waals surface area contributed by atoms with Gasteiger partial charge in [0, 0.05) is 62.5 Å². The quantitative estimate of drug-likeness (QED) is 0.579. The van der Waals surface area contributed by atoms with Crippen LogP contribution in [0.25, 0.3) is 6.08 Å². The van der Waals surface area contributed by atoms with Crippen LogP contribution in [0.15, 0.2) is 52.5 Å². The first-order valence-corrected chi connectivity index (χ1v) is 13.5. The molecule has 5 rings (SSSR count). The van der Waals surface area contributed by atoms with Crippen LogP contribution >= 0.6 is 35.1 Å². The van der Waals surface area contributed by atoms with Crippen molar-refractivity contribution < 1.29 is 9.59 Å². The number of aromatic nitrogens is 1. The zero-order valence-corrected chi connectivity index (χ0v) is 20.9. The SMILES string of the molecule is O=C1N=C(N2CCSCC2)S/C1=C\c1ccc(C(=O)N2CCN(c3ncccc3Cl)CC2)cc1. The van der Waals surface area contributed by atoms with E-state index in [2.05, 4.69) is 19.8 Å². The number of nitrogens with zero attached hydrogens (tertiary/aromatic N) is 5. The molecule has 4 heterocycles. The Morgan fingerprint density at radius 1 is 0.971 bits per heavy atom. The number of carbonyl (C=O) groups excluding carboxylic acids is 2. The summed E-state index contributed by atoms with van der Waals surface area (Å²) in [4.78, 5) is 40.8. The van der Waals surface area contributed by atoms with Crippen molar-refractivity contribution in [2.45, 2.75) is 0 Å². The number of carbonyl (C=O) groups is 2. The molecule has 10 heteroatoms. The summed E-state index contributed by atoms with van der Waals surface area (Å²) in [5, 5.41) is 1.42. The van der Waals surface area contributed by atoms with Gasteiger partial charge in [-0.25, -0.2) is 4.98 Å². The molecule has 0 spiro atoms. The summed E-state index contributed by atoms with van der Waals surface area (Å²) < 4.78 is 0. The van der Waals surface area contributed by atoms with Crippen LogP contribution in [0.3, 0.4) is 0 Å². The lowest BCUT2D eigenvalue weighted by atomic mass is 10.1. The van der Waals surface area contributed by atoms with Gasteiger partial charge in [-0.15, -0.1) is 0 Å². The average molecular weight is 514 g/mol. The van der Waals surface area contributed by atoms with Gasteiger partial charge in [0.2, 0.25) is 0 Å². The maximum absolute atomic E-state index is 13.0. The average Bonchev–Trinajstić information content (AvgIpc) is 3.25. The van der Waals surface area contributed by atoms with Gasteiger partial charge < -0.3 is 14.7 Å². The van der Waals surface area contributed by atoms with Crippen molar-refractivity contribution in [2.24, 2.45) is 4.99 Å². The monoisotopic (exact) mass is 513 g/mol. The summed E-state index contributed by atoms with van der Waals surface area (Å²) in [5.74, 6) is 2.71. The second-order valence-electron chi connectivity index (χ2n) is 8.12. The largest absolute Gasteiger partial charge is 0.352 e. The Labute approximate surface area is 212 Å². The molecule has 0 aliphatic carbocycles. The van der Waals surface area contributed by atoms with E-state index in [-0.39, 0.29) is 11.8 Å². The van der Waals surface area contributed by atoms with Gasteiger partial charge >= 0.3 is 0 Å². The highest BCUT2D eigenvalue weighted by Gasteiger charge is 2.27. The number of thioether (sulfide) groups is 2. The number of benzene rings is 1. The number of anilines is 1. The summed E-state index contributed by atoms with van der Waals surface area (Å²) in [6.07, 6.45) is 3.58. The van der Waals surface area contributed by atoms with Gasteiger partial charge in [0.1, 0.15) is 5.82 Å². The second kappa shape index (κ2) is 10.4. The first-order valence-electron chi connectivity index (χ1n) is 11.2. The van der Waals surface area contributed by atoms with Crippen LogP contribution in [0.4, 0.5) is 5.82 Å². The molecule has 2 aromatic rings. The van der Waals surface area contributed by atoms with Crippen LogP contribution in [-0.2, 0) is 4.79 Å². The molecular formula is C24H24ClN5O2S2. The Bertz CT molecular complexity index is 1140. The molecule has 2 amide bonds. The lowest BCUT2D eigenvalue weighted by Crippen LogP contribution is -2.49. The molecule has 2 fully saturated rings. The van der Waals surface area contributed by atoms with Gasteiger partial charge in [0.15, 0.2) is 5.17 Å². The molecule has 2 saturated heterocycles. The minimum atomic E-state index is -0.191. The van der Waals surface area contributed by atoms with E-state index in [1.165, 1.54) is 11.8 Å². The third-order valence-electron chi connectivity index (χ3n) is 5.95. The number of halogens is 1. The molecule has 7 nitrogen and oxygen atoms in total. The predicted octanol–water partition coefficient (Wildman–Crippen LogP) is 3.72. The number of hydrogen-bond donors (Lipinski definition) is 0. The third kappa shape index (κ3) is 5.11. The Hall–Kier alpha value is -2.49. The van der Waals surface area contributed by atoms with Gasteiger partial charge in [-0.05, 0) is 47.7 Å². The highest BCUT2D eigenvalue weighted by atomic mass is 35.5. The fraction of sp³-hybridized carbons (Fsp3) is 0.333. The molecule has 0 saturated carbocycles. The van der Waals surface area contributed by atoms with Crippen molar-refractivity contribution >= 4 is 64.0 Å². The molecule has 0 radical (unpaired) electrons. The molecule has 3 aliphatic rings. The maximum Gasteiger partial charge on any atom is 0.286 e. The fourth-order valence-corrected chi connectivity index (χ4v) is 6.18. The minimum Gasteiger partial charge on any atom is -0.352 e. The Balaban J connectivity index is 1.19. The van der Waals surface area contributed by atoms with Gasteiger partial charge in [-0.2, -0.15) is 16.8 Å². The van der Waals surface area contributed by atoms with E-state index < -0.39 is 0 Å². The van der Waals surface area contributed by atoms with Crippen LogP contribution < -0.4 is 4.90 Å². The summed E-state index contributed by atoms with van der Waals surface area (Å²) in [6.45, 7) is 4.44. The van der Waals surface area contributed by atoms with Crippen molar-refractivity contribution in [3.05, 3.63) is 63.6 Å². The number of amides is 2. The topological polar surface area (TPSA) is 69.1 Å². The van der Waals surface area contributed by atoms with Crippen LogP contribution in [0.2, 0.25) is 5.02 Å². The zero-order valence-electron chi connectivity index (χ0n) is 18.5. The number of piperazine rings is 1. The summed E-state index contributed by atoms with van der Waals surface area (Å²) in [5.41, 5.74) is 1.52. The van der Waals surface area contributed by atoms with Crippen molar-refractivity contribution in [2.75, 3.05) is 55.7 Å². The van der Waals surface area contributed by atoms with E-state index in [9.17, 15) is 9.59 Å². The van der Waals surface area contributed by atoms with Gasteiger partial charge in [-0.3, -0.25) is 9.59 Å². The molecule has 3 aliphatic heterocycles. The first-order chi connectivity index (χ1) is 16.6. The Morgan fingerprint density at radius 2 is 1.71 bits per heavy atom. The lowest BCUT2D eigenvalue weighted by Gasteiger charge is -2.35. The highest BCUT2D eigenvalue weighted by molar-refractivity contribution is 8.18. The van der Waals surface area contributed by atoms with Crippen LogP contribution in [0, 0.1) is 0 Å². The number of pyridine rings is 1. The second-order valence-corrected chi connectivity index (χ2v) is 10.8. The molecule has 1 aromatic carbocycles. The van der Waals surface area contributed by atoms with E-state index in [0.717, 1.165) is 41.1 Å². The van der Waals surface area contributed by atoms with Gasteiger partial charge in [-0.1, -0.05) is 23.7 Å². The van der Waals surface area contributed by atoms with E-state index >= 15 is 0 Å². The van der Waals surface area contributed by atoms with Crippen molar-refractivity contribution in [1.82, 2.24) is 14.8 Å². The maximum atomic E-state index is 13.0. The molecule has 0 bridgehead atoms. The molecule has 0 atom stereocenters. The van der Waals surface area contributed by atoms with Crippen molar-refractivity contribution in [3.8, 4) is 0 Å². The predicted molar refractivity (Wildman–Crippen MR) is 141 cm³/mol. The number of rotatable bonds is 3. The summed E-state index contributed by atoms with van der Waals surface area (Å²) in [7, 11) is 0.